The van der Waals surface area contributed by atoms with Gasteiger partial charge < -0.3 is 10.4 Å². The zero-order valence-corrected chi connectivity index (χ0v) is 4.79. The molecule has 0 spiro atoms. The fraction of sp³-hybridized carbons (Fsp3) is 0.500. The van der Waals surface area contributed by atoms with E-state index in [0.717, 1.165) is 0 Å². The average Bonchev–Trinajstić information content (AvgIpc) is 1.84. The van der Waals surface area contributed by atoms with E-state index < -0.39 is 0 Å². The molecule has 0 aromatic rings. The van der Waals surface area contributed by atoms with Crippen LogP contribution in [0.15, 0.2) is 10.3 Å². The van der Waals surface area contributed by atoms with E-state index in [4.69, 9.17) is 10.4 Å². The monoisotopic (exact) mass is 164 g/mol. The van der Waals surface area contributed by atoms with E-state index in [1.54, 1.807) is 0 Å². The van der Waals surface area contributed by atoms with Crippen molar-refractivity contribution in [1.82, 2.24) is 0 Å². The van der Waals surface area contributed by atoms with Crippen LogP contribution >= 0.6 is 0 Å². The molecule has 0 amide bonds. The standard InChI is InChI=1S/C4H8N2O2.2Na.2H/c1-3(5-7)4(2)6-8;;;;/h7-8H,1-2H3;;;;/b5-3-,6-4-;;;;. The van der Waals surface area contributed by atoms with Crippen LogP contribution in [0.2, 0.25) is 0 Å². The van der Waals surface area contributed by atoms with Crippen LogP contribution in [0, 0.1) is 0 Å². The summed E-state index contributed by atoms with van der Waals surface area (Å²) in [7, 11) is 0. The van der Waals surface area contributed by atoms with E-state index in [-0.39, 0.29) is 59.1 Å². The van der Waals surface area contributed by atoms with Gasteiger partial charge in [0.1, 0.15) is 11.4 Å². The second-order valence-electron chi connectivity index (χ2n) is 1.37. The van der Waals surface area contributed by atoms with Gasteiger partial charge in [0, 0.05) is 0 Å². The van der Waals surface area contributed by atoms with E-state index in [1.807, 2.05) is 0 Å². The van der Waals surface area contributed by atoms with Crippen molar-refractivity contribution in [3.05, 3.63) is 0 Å². The van der Waals surface area contributed by atoms with Crippen LogP contribution in [0.5, 0.6) is 0 Å². The molecule has 0 aliphatic rings. The third-order valence-electron chi connectivity index (χ3n) is 0.824. The summed E-state index contributed by atoms with van der Waals surface area (Å²) in [6, 6.07) is 0. The maximum absolute atomic E-state index is 8.03. The van der Waals surface area contributed by atoms with Gasteiger partial charge in [-0.25, -0.2) is 0 Å². The Hall–Kier alpha value is 0.940. The average molecular weight is 164 g/mol. The second-order valence-corrected chi connectivity index (χ2v) is 1.37. The van der Waals surface area contributed by atoms with Crippen LogP contribution in [-0.2, 0) is 0 Å². The van der Waals surface area contributed by atoms with Crippen molar-refractivity contribution in [2.24, 2.45) is 10.3 Å². The molecule has 10 heavy (non-hydrogen) atoms. The quantitative estimate of drug-likeness (QED) is 0.235. The molecular formula is C4H10N2Na2O2. The SMILES string of the molecule is CC(=N/O)/C(C)=N\O.[NaH].[NaH]. The number of oxime groups is 2. The number of hydrogen-bond acceptors (Lipinski definition) is 4. The van der Waals surface area contributed by atoms with E-state index >= 15 is 0 Å². The molecule has 0 saturated carbocycles. The summed E-state index contributed by atoms with van der Waals surface area (Å²) in [6.07, 6.45) is 0. The van der Waals surface area contributed by atoms with Gasteiger partial charge in [-0.15, -0.1) is 0 Å². The zero-order valence-electron chi connectivity index (χ0n) is 4.79. The Morgan fingerprint density at radius 2 is 1.10 bits per heavy atom. The molecule has 0 bridgehead atoms. The van der Waals surface area contributed by atoms with Crippen molar-refractivity contribution in [2.45, 2.75) is 13.8 Å². The Morgan fingerprint density at radius 1 is 0.900 bits per heavy atom. The van der Waals surface area contributed by atoms with E-state index in [9.17, 15) is 0 Å². The Labute approximate surface area is 104 Å². The van der Waals surface area contributed by atoms with Gasteiger partial charge in [-0.1, -0.05) is 10.3 Å². The van der Waals surface area contributed by atoms with Gasteiger partial charge in [-0.3, -0.25) is 0 Å². The van der Waals surface area contributed by atoms with Crippen molar-refractivity contribution >= 4 is 70.5 Å². The first kappa shape index (κ1) is 17.1. The molecule has 0 aliphatic heterocycles. The van der Waals surface area contributed by atoms with Crippen LogP contribution in [0.25, 0.3) is 0 Å². The predicted octanol–water partition coefficient (Wildman–Crippen LogP) is -0.610. The Bertz CT molecular complexity index is 119. The molecule has 0 saturated heterocycles. The van der Waals surface area contributed by atoms with Gasteiger partial charge in [-0.05, 0) is 13.8 Å². The number of rotatable bonds is 1. The molecule has 50 valence electrons. The number of nitrogens with zero attached hydrogens (tertiary/aromatic N) is 2. The van der Waals surface area contributed by atoms with Crippen molar-refractivity contribution < 1.29 is 10.4 Å². The van der Waals surface area contributed by atoms with Gasteiger partial charge >= 0.3 is 59.1 Å². The maximum atomic E-state index is 8.03. The summed E-state index contributed by atoms with van der Waals surface area (Å²) in [5.74, 6) is 0. The summed E-state index contributed by atoms with van der Waals surface area (Å²) in [4.78, 5) is 0. The van der Waals surface area contributed by atoms with E-state index in [1.165, 1.54) is 13.8 Å². The van der Waals surface area contributed by atoms with Gasteiger partial charge in [-0.2, -0.15) is 0 Å². The zero-order chi connectivity index (χ0) is 6.57. The molecule has 6 heteroatoms. The fourth-order valence-corrected chi connectivity index (χ4v) is 0.145. The topological polar surface area (TPSA) is 65.2 Å². The first-order valence-corrected chi connectivity index (χ1v) is 2.10. The third kappa shape index (κ3) is 7.05. The van der Waals surface area contributed by atoms with Gasteiger partial charge in [0.15, 0.2) is 0 Å². The Kier molecular flexibility index (Phi) is 17.0. The predicted molar refractivity (Wildman–Crippen MR) is 44.1 cm³/mol. The van der Waals surface area contributed by atoms with Crippen LogP contribution in [0.4, 0.5) is 0 Å². The molecular weight excluding hydrogens is 154 g/mol. The summed E-state index contributed by atoms with van der Waals surface area (Å²) in [6.45, 7) is 3.07. The van der Waals surface area contributed by atoms with Crippen LogP contribution in [-0.4, -0.2) is 81.0 Å². The van der Waals surface area contributed by atoms with Crippen molar-refractivity contribution in [2.75, 3.05) is 0 Å². The number of hydrogen-bond donors (Lipinski definition) is 2. The van der Waals surface area contributed by atoms with Crippen LogP contribution in [0.3, 0.4) is 0 Å². The summed E-state index contributed by atoms with van der Waals surface area (Å²) in [5.41, 5.74) is 0.625. The van der Waals surface area contributed by atoms with Gasteiger partial charge in [0.05, 0.1) is 0 Å². The molecule has 2 N–H and O–H groups in total. The molecule has 0 atom stereocenters. The molecule has 0 fully saturated rings. The molecule has 0 heterocycles. The van der Waals surface area contributed by atoms with Crippen LogP contribution < -0.4 is 0 Å². The molecule has 0 rings (SSSR count). The molecule has 0 aliphatic carbocycles. The first-order chi connectivity index (χ1) is 3.72. The molecule has 0 unspecified atom stereocenters. The van der Waals surface area contributed by atoms with Crippen molar-refractivity contribution in [3.8, 4) is 0 Å². The van der Waals surface area contributed by atoms with E-state index in [2.05, 4.69) is 10.3 Å². The summed E-state index contributed by atoms with van der Waals surface area (Å²) in [5, 5.41) is 21.6. The Balaban J connectivity index is -0.000000245. The van der Waals surface area contributed by atoms with Gasteiger partial charge in [0.2, 0.25) is 0 Å². The Morgan fingerprint density at radius 3 is 1.20 bits per heavy atom. The van der Waals surface area contributed by atoms with Crippen molar-refractivity contribution in [1.29, 1.82) is 0 Å². The molecule has 0 aromatic carbocycles. The summed E-state index contributed by atoms with van der Waals surface area (Å²) >= 11 is 0. The molecule has 0 radical (unpaired) electrons. The van der Waals surface area contributed by atoms with Gasteiger partial charge in [0.25, 0.3) is 0 Å². The van der Waals surface area contributed by atoms with Crippen LogP contribution in [0.1, 0.15) is 13.8 Å². The minimum absolute atomic E-state index is 0. The normalized spacial score (nSPS) is 11.4. The minimum atomic E-state index is 0. The first-order valence-electron chi connectivity index (χ1n) is 2.10. The second kappa shape index (κ2) is 9.94. The summed E-state index contributed by atoms with van der Waals surface area (Å²) < 4.78 is 0. The van der Waals surface area contributed by atoms with Crippen molar-refractivity contribution in [3.63, 3.8) is 0 Å². The van der Waals surface area contributed by atoms with E-state index in [0.29, 0.717) is 11.4 Å². The molecule has 0 aromatic heterocycles. The third-order valence-corrected chi connectivity index (χ3v) is 0.824. The molecule has 4 nitrogen and oxygen atoms in total. The fourth-order valence-electron chi connectivity index (χ4n) is 0.145.